The second-order valence-electron chi connectivity index (χ2n) is 5.69. The molecule has 17 heavy (non-hydrogen) atoms. The Morgan fingerprint density at radius 1 is 1.29 bits per heavy atom. The molecule has 1 aromatic rings. The average Bonchev–Trinajstić information content (AvgIpc) is 2.37. The Bertz CT molecular complexity index is 376. The van der Waals surface area contributed by atoms with Gasteiger partial charge in [-0.1, -0.05) is 6.07 Å². The van der Waals surface area contributed by atoms with Gasteiger partial charge in [0, 0.05) is 37.6 Å². The fraction of sp³-hybridized carbons (Fsp3) is 0.643. The summed E-state index contributed by atoms with van der Waals surface area (Å²) in [6.07, 6.45) is 8.65. The average molecular weight is 232 g/mol. The highest BCUT2D eigenvalue weighted by atomic mass is 16.5. The minimum absolute atomic E-state index is 0.186. The summed E-state index contributed by atoms with van der Waals surface area (Å²) in [6.45, 7) is 2.59. The van der Waals surface area contributed by atoms with Crippen LogP contribution in [0.2, 0.25) is 0 Å². The predicted octanol–water partition coefficient (Wildman–Crippen LogP) is 1.87. The van der Waals surface area contributed by atoms with E-state index in [1.165, 1.54) is 31.2 Å². The third-order valence-corrected chi connectivity index (χ3v) is 4.64. The Labute approximate surface area is 102 Å². The maximum Gasteiger partial charge on any atom is 0.0471 e. The van der Waals surface area contributed by atoms with Crippen LogP contribution in [0.3, 0.4) is 0 Å². The van der Waals surface area contributed by atoms with Crippen LogP contribution < -0.4 is 5.73 Å². The highest BCUT2D eigenvalue weighted by Crippen LogP contribution is 2.59. The Morgan fingerprint density at radius 3 is 2.65 bits per heavy atom. The lowest BCUT2D eigenvalue weighted by Crippen LogP contribution is -2.55. The van der Waals surface area contributed by atoms with Crippen molar-refractivity contribution in [1.82, 2.24) is 4.98 Å². The van der Waals surface area contributed by atoms with Crippen molar-refractivity contribution in [3.8, 4) is 0 Å². The number of aromatic nitrogens is 1. The summed E-state index contributed by atoms with van der Waals surface area (Å²) < 4.78 is 5.46. The monoisotopic (exact) mass is 232 g/mol. The van der Waals surface area contributed by atoms with Crippen molar-refractivity contribution < 1.29 is 4.74 Å². The summed E-state index contributed by atoms with van der Waals surface area (Å²) in [5, 5.41) is 0. The summed E-state index contributed by atoms with van der Waals surface area (Å²) >= 11 is 0. The molecule has 0 atom stereocenters. The van der Waals surface area contributed by atoms with Crippen LogP contribution in [0.25, 0.3) is 0 Å². The first-order chi connectivity index (χ1) is 8.29. The normalized spacial score (nSPS) is 25.5. The van der Waals surface area contributed by atoms with Crippen molar-refractivity contribution in [3.63, 3.8) is 0 Å². The lowest BCUT2D eigenvalue weighted by molar-refractivity contribution is -0.0715. The van der Waals surface area contributed by atoms with Gasteiger partial charge in [-0.05, 0) is 42.7 Å². The Balaban J connectivity index is 1.79. The van der Waals surface area contributed by atoms with E-state index in [0.29, 0.717) is 5.41 Å². The fourth-order valence-corrected chi connectivity index (χ4v) is 3.68. The van der Waals surface area contributed by atoms with Gasteiger partial charge in [0.15, 0.2) is 0 Å². The van der Waals surface area contributed by atoms with Crippen molar-refractivity contribution in [1.29, 1.82) is 0 Å². The van der Waals surface area contributed by atoms with Crippen LogP contribution >= 0.6 is 0 Å². The van der Waals surface area contributed by atoms with Gasteiger partial charge in [-0.25, -0.2) is 0 Å². The molecule has 1 spiro atoms. The number of nitrogens with zero attached hydrogens (tertiary/aromatic N) is 1. The zero-order valence-corrected chi connectivity index (χ0v) is 10.2. The molecular weight excluding hydrogens is 212 g/mol. The smallest absolute Gasteiger partial charge is 0.0471 e. The molecule has 3 heteroatoms. The topological polar surface area (TPSA) is 48.1 Å². The lowest BCUT2D eigenvalue weighted by atomic mass is 9.48. The molecule has 0 bridgehead atoms. The van der Waals surface area contributed by atoms with Gasteiger partial charge in [-0.15, -0.1) is 0 Å². The molecule has 92 valence electrons. The molecule has 0 amide bonds. The third-order valence-electron chi connectivity index (χ3n) is 4.64. The zero-order valence-electron chi connectivity index (χ0n) is 10.2. The summed E-state index contributed by atoms with van der Waals surface area (Å²) in [6, 6.07) is 4.19. The first kappa shape index (κ1) is 11.2. The first-order valence-corrected chi connectivity index (χ1v) is 6.47. The maximum absolute atomic E-state index is 6.03. The second kappa shape index (κ2) is 4.07. The molecule has 3 nitrogen and oxygen atoms in total. The van der Waals surface area contributed by atoms with E-state index in [2.05, 4.69) is 11.1 Å². The van der Waals surface area contributed by atoms with Crippen LogP contribution in [0.1, 0.15) is 31.2 Å². The number of hydrogen-bond acceptors (Lipinski definition) is 3. The van der Waals surface area contributed by atoms with Gasteiger partial charge in [0.2, 0.25) is 0 Å². The van der Waals surface area contributed by atoms with Crippen LogP contribution in [0, 0.1) is 5.41 Å². The van der Waals surface area contributed by atoms with Crippen LogP contribution in [0.15, 0.2) is 24.5 Å². The highest BCUT2D eigenvalue weighted by molar-refractivity contribution is 5.29. The van der Waals surface area contributed by atoms with E-state index in [1.54, 1.807) is 0 Å². The first-order valence-electron chi connectivity index (χ1n) is 6.47. The number of pyridine rings is 1. The van der Waals surface area contributed by atoms with E-state index in [-0.39, 0.29) is 5.41 Å². The maximum atomic E-state index is 6.03. The number of nitrogens with two attached hydrogens (primary N) is 1. The summed E-state index contributed by atoms with van der Waals surface area (Å²) in [5.74, 6) is 0. The Kier molecular flexibility index (Phi) is 2.68. The number of rotatable bonds is 2. The zero-order chi connectivity index (χ0) is 11.8. The standard InChI is InChI=1S/C14H20N2O/c15-11-14(12-2-1-5-16-8-12)9-13(10-14)3-6-17-7-4-13/h1-2,5,8H,3-4,6-7,9-11,15H2. The van der Waals surface area contributed by atoms with Crippen LogP contribution in [0.4, 0.5) is 0 Å². The molecule has 1 saturated heterocycles. The molecule has 0 unspecified atom stereocenters. The van der Waals surface area contributed by atoms with E-state index >= 15 is 0 Å². The summed E-state index contributed by atoms with van der Waals surface area (Å²) in [7, 11) is 0. The molecule has 1 aliphatic carbocycles. The van der Waals surface area contributed by atoms with Gasteiger partial charge >= 0.3 is 0 Å². The summed E-state index contributed by atoms with van der Waals surface area (Å²) in [4.78, 5) is 4.23. The molecule has 0 aromatic carbocycles. The highest BCUT2D eigenvalue weighted by Gasteiger charge is 2.54. The minimum atomic E-state index is 0.186. The molecule has 1 aromatic heterocycles. The largest absolute Gasteiger partial charge is 0.381 e. The van der Waals surface area contributed by atoms with Gasteiger partial charge in [-0.2, -0.15) is 0 Å². The second-order valence-corrected chi connectivity index (χ2v) is 5.69. The molecule has 1 aliphatic heterocycles. The van der Waals surface area contributed by atoms with Gasteiger partial charge in [0.05, 0.1) is 0 Å². The molecule has 1 saturated carbocycles. The Morgan fingerprint density at radius 2 is 2.06 bits per heavy atom. The van der Waals surface area contributed by atoms with Crippen LogP contribution in [-0.2, 0) is 10.2 Å². The Hall–Kier alpha value is -0.930. The van der Waals surface area contributed by atoms with E-state index in [4.69, 9.17) is 10.5 Å². The van der Waals surface area contributed by atoms with Crippen LogP contribution in [0.5, 0.6) is 0 Å². The van der Waals surface area contributed by atoms with Crippen molar-refractivity contribution in [2.24, 2.45) is 11.1 Å². The predicted molar refractivity (Wildman–Crippen MR) is 66.7 cm³/mol. The molecular formula is C14H20N2O. The molecule has 2 N–H and O–H groups in total. The summed E-state index contributed by atoms with van der Waals surface area (Å²) in [5.41, 5.74) is 8.04. The van der Waals surface area contributed by atoms with E-state index in [1.807, 2.05) is 18.5 Å². The molecule has 2 heterocycles. The molecule has 3 rings (SSSR count). The van der Waals surface area contributed by atoms with Gasteiger partial charge in [0.25, 0.3) is 0 Å². The van der Waals surface area contributed by atoms with Crippen molar-refractivity contribution in [3.05, 3.63) is 30.1 Å². The van der Waals surface area contributed by atoms with Gasteiger partial charge < -0.3 is 10.5 Å². The quantitative estimate of drug-likeness (QED) is 0.846. The van der Waals surface area contributed by atoms with E-state index in [0.717, 1.165) is 19.8 Å². The SMILES string of the molecule is NCC1(c2cccnc2)CC2(CCOCC2)C1. The van der Waals surface area contributed by atoms with E-state index in [9.17, 15) is 0 Å². The number of ether oxygens (including phenoxy) is 1. The number of hydrogen-bond donors (Lipinski definition) is 1. The third kappa shape index (κ3) is 1.78. The molecule has 2 aliphatic rings. The molecule has 2 fully saturated rings. The van der Waals surface area contributed by atoms with Crippen molar-refractivity contribution in [2.45, 2.75) is 31.1 Å². The van der Waals surface area contributed by atoms with E-state index < -0.39 is 0 Å². The fourth-order valence-electron chi connectivity index (χ4n) is 3.68. The van der Waals surface area contributed by atoms with Crippen molar-refractivity contribution in [2.75, 3.05) is 19.8 Å². The van der Waals surface area contributed by atoms with Gasteiger partial charge in [0.1, 0.15) is 0 Å². The van der Waals surface area contributed by atoms with Crippen LogP contribution in [-0.4, -0.2) is 24.7 Å². The lowest BCUT2D eigenvalue weighted by Gasteiger charge is -2.58. The van der Waals surface area contributed by atoms with Gasteiger partial charge in [-0.3, -0.25) is 4.98 Å². The minimum Gasteiger partial charge on any atom is -0.381 e. The van der Waals surface area contributed by atoms with Crippen molar-refractivity contribution >= 4 is 0 Å². The molecule has 0 radical (unpaired) electrons.